The van der Waals surface area contributed by atoms with Crippen molar-refractivity contribution in [1.29, 1.82) is 0 Å². The molecule has 0 unspecified atom stereocenters. The molecule has 0 aliphatic rings. The molecule has 0 aliphatic heterocycles. The van der Waals surface area contributed by atoms with E-state index in [-0.39, 0.29) is 28.0 Å². The Morgan fingerprint density at radius 3 is 1.36 bits per heavy atom. The molecule has 0 radical (unpaired) electrons. The van der Waals surface area contributed by atoms with Gasteiger partial charge < -0.3 is 4.74 Å². The summed E-state index contributed by atoms with van der Waals surface area (Å²) in [5.74, 6) is -4.44. The summed E-state index contributed by atoms with van der Waals surface area (Å²) in [7, 11) is -8.17. The first-order valence-corrected chi connectivity index (χ1v) is 15.7. The van der Waals surface area contributed by atoms with Gasteiger partial charge in [-0.25, -0.2) is 34.4 Å². The van der Waals surface area contributed by atoms with Crippen molar-refractivity contribution >= 4 is 31.4 Å². The molecular weight excluding hydrogens is 620 g/mol. The lowest BCUT2D eigenvalue weighted by Gasteiger charge is -2.15. The van der Waals surface area contributed by atoms with Crippen molar-refractivity contribution in [2.75, 3.05) is 16.6 Å². The van der Waals surface area contributed by atoms with Crippen LogP contribution >= 0.6 is 0 Å². The number of benzene rings is 5. The fourth-order valence-electron chi connectivity index (χ4n) is 4.48. The van der Waals surface area contributed by atoms with Gasteiger partial charge in [0.05, 0.1) is 34.5 Å². The summed E-state index contributed by atoms with van der Waals surface area (Å²) < 4.78 is 122. The number of ether oxygens (including phenoxy) is 1. The highest BCUT2D eigenvalue weighted by molar-refractivity contribution is 7.93. The van der Waals surface area contributed by atoms with Crippen molar-refractivity contribution in [3.63, 3.8) is 0 Å². The normalized spacial score (nSPS) is 11.7. The van der Waals surface area contributed by atoms with E-state index in [1.54, 1.807) is 36.4 Å². The maximum atomic E-state index is 14.9. The largest absolute Gasteiger partial charge is 0.495 e. The Balaban J connectivity index is 1.46. The van der Waals surface area contributed by atoms with Gasteiger partial charge in [0, 0.05) is 0 Å². The summed E-state index contributed by atoms with van der Waals surface area (Å²) in [6.45, 7) is 0. The zero-order chi connectivity index (χ0) is 31.6. The fourth-order valence-corrected chi connectivity index (χ4v) is 6.86. The predicted molar refractivity (Wildman–Crippen MR) is 158 cm³/mol. The molecule has 7 nitrogen and oxygen atoms in total. The van der Waals surface area contributed by atoms with Gasteiger partial charge in [-0.15, -0.1) is 0 Å². The third kappa shape index (κ3) is 6.24. The molecule has 0 spiro atoms. The van der Waals surface area contributed by atoms with E-state index in [1.807, 2.05) is 9.44 Å². The molecule has 0 atom stereocenters. The van der Waals surface area contributed by atoms with Gasteiger partial charge in [-0.2, -0.15) is 0 Å². The van der Waals surface area contributed by atoms with Crippen molar-refractivity contribution in [2.45, 2.75) is 9.79 Å². The van der Waals surface area contributed by atoms with Crippen molar-refractivity contribution in [3.05, 3.63) is 126 Å². The number of anilines is 2. The third-order valence-electron chi connectivity index (χ3n) is 6.45. The molecule has 13 heteroatoms. The highest BCUT2D eigenvalue weighted by Gasteiger charge is 2.26. The van der Waals surface area contributed by atoms with Gasteiger partial charge in [0.2, 0.25) is 0 Å². The number of halogens is 4. The van der Waals surface area contributed by atoms with E-state index >= 15 is 0 Å². The molecule has 0 saturated heterocycles. The first kappa shape index (κ1) is 30.6. The molecule has 5 aromatic rings. The molecule has 0 amide bonds. The number of sulfonamides is 2. The second-order valence-electron chi connectivity index (χ2n) is 9.39. The van der Waals surface area contributed by atoms with Crippen molar-refractivity contribution in [2.24, 2.45) is 0 Å². The minimum absolute atomic E-state index is 0.235. The second kappa shape index (κ2) is 12.0. The zero-order valence-corrected chi connectivity index (χ0v) is 24.3. The lowest BCUT2D eigenvalue weighted by Crippen LogP contribution is -2.17. The molecule has 5 rings (SSSR count). The van der Waals surface area contributed by atoms with E-state index in [0.717, 1.165) is 49.6 Å². The van der Waals surface area contributed by atoms with Gasteiger partial charge in [-0.05, 0) is 53.6 Å². The van der Waals surface area contributed by atoms with Crippen LogP contribution in [-0.4, -0.2) is 23.9 Å². The van der Waals surface area contributed by atoms with E-state index in [0.29, 0.717) is 0 Å². The maximum absolute atomic E-state index is 14.9. The molecule has 0 saturated carbocycles. The first-order chi connectivity index (χ1) is 20.9. The standard InChI is InChI=1S/C31H22F4N2O5S2/c1-42-28-13-12-23(43(38,39)36-21-14-24(32)30(25(33)15-21)19-8-4-2-5-9-19)18-29(28)44(40,41)37-22-16-26(34)31(27(35)17-22)20-10-6-3-7-11-20/h2-18,36-37H,1H3. The van der Waals surface area contributed by atoms with Crippen LogP contribution in [0.5, 0.6) is 5.75 Å². The Hall–Kier alpha value is -4.88. The number of methoxy groups -OCH3 is 1. The molecule has 0 aromatic heterocycles. The van der Waals surface area contributed by atoms with E-state index in [2.05, 4.69) is 0 Å². The smallest absolute Gasteiger partial charge is 0.265 e. The van der Waals surface area contributed by atoms with E-state index in [4.69, 9.17) is 4.74 Å². The summed E-state index contributed by atoms with van der Waals surface area (Å²) in [4.78, 5) is -1.30. The molecule has 0 heterocycles. The fraction of sp³-hybridized carbons (Fsp3) is 0.0323. The summed E-state index contributed by atoms with van der Waals surface area (Å²) >= 11 is 0. The van der Waals surface area contributed by atoms with Gasteiger partial charge in [-0.1, -0.05) is 60.7 Å². The molecule has 0 fully saturated rings. The van der Waals surface area contributed by atoms with Crippen LogP contribution in [0.25, 0.3) is 22.3 Å². The van der Waals surface area contributed by atoms with Gasteiger partial charge in [0.1, 0.15) is 33.9 Å². The second-order valence-corrected chi connectivity index (χ2v) is 12.7. The van der Waals surface area contributed by atoms with Crippen LogP contribution in [0.4, 0.5) is 28.9 Å². The highest BCUT2D eigenvalue weighted by atomic mass is 32.2. The van der Waals surface area contributed by atoms with Crippen LogP contribution in [-0.2, 0) is 20.0 Å². The SMILES string of the molecule is COc1ccc(S(=O)(=O)Nc2cc(F)c(-c3ccccc3)c(F)c2)cc1S(=O)(=O)Nc1cc(F)c(-c2ccccc2)c(F)c1. The molecule has 5 aromatic carbocycles. The first-order valence-electron chi connectivity index (χ1n) is 12.7. The highest BCUT2D eigenvalue weighted by Crippen LogP contribution is 2.34. The number of hydrogen-bond acceptors (Lipinski definition) is 5. The third-order valence-corrected chi connectivity index (χ3v) is 9.23. The number of nitrogens with one attached hydrogen (secondary N) is 2. The Bertz CT molecular complexity index is 2030. The monoisotopic (exact) mass is 642 g/mol. The van der Waals surface area contributed by atoms with Crippen molar-refractivity contribution in [1.82, 2.24) is 0 Å². The van der Waals surface area contributed by atoms with E-state index < -0.39 is 64.5 Å². The van der Waals surface area contributed by atoms with Crippen LogP contribution in [0.2, 0.25) is 0 Å². The van der Waals surface area contributed by atoms with Crippen LogP contribution in [0, 0.1) is 23.3 Å². The minimum atomic E-state index is -4.69. The Morgan fingerprint density at radius 2 is 0.955 bits per heavy atom. The Labute approximate surface area is 250 Å². The van der Waals surface area contributed by atoms with Gasteiger partial charge in [-0.3, -0.25) is 9.44 Å². The Kier molecular flexibility index (Phi) is 8.35. The average Bonchev–Trinajstić information content (AvgIpc) is 2.97. The Morgan fingerprint density at radius 1 is 0.545 bits per heavy atom. The summed E-state index contributed by atoms with van der Waals surface area (Å²) in [6, 6.07) is 21.5. The van der Waals surface area contributed by atoms with Crippen LogP contribution in [0.15, 0.2) is 113 Å². The molecule has 0 aliphatic carbocycles. The number of rotatable bonds is 9. The zero-order valence-electron chi connectivity index (χ0n) is 22.7. The molecule has 2 N–H and O–H groups in total. The minimum Gasteiger partial charge on any atom is -0.495 e. The van der Waals surface area contributed by atoms with Crippen molar-refractivity contribution in [3.8, 4) is 28.0 Å². The lowest BCUT2D eigenvalue weighted by molar-refractivity contribution is 0.402. The maximum Gasteiger partial charge on any atom is 0.265 e. The molecule has 44 heavy (non-hydrogen) atoms. The van der Waals surface area contributed by atoms with E-state index in [9.17, 15) is 34.4 Å². The van der Waals surface area contributed by atoms with Crippen LogP contribution < -0.4 is 14.2 Å². The average molecular weight is 643 g/mol. The topological polar surface area (TPSA) is 102 Å². The van der Waals surface area contributed by atoms with Gasteiger partial charge in [0.15, 0.2) is 0 Å². The van der Waals surface area contributed by atoms with Gasteiger partial charge >= 0.3 is 0 Å². The van der Waals surface area contributed by atoms with Crippen LogP contribution in [0.1, 0.15) is 0 Å². The molecule has 0 bridgehead atoms. The number of hydrogen-bond donors (Lipinski definition) is 2. The predicted octanol–water partition coefficient (Wildman–Crippen LogP) is 7.19. The summed E-state index contributed by atoms with van der Waals surface area (Å²) in [6.07, 6.45) is 0. The van der Waals surface area contributed by atoms with Crippen LogP contribution in [0.3, 0.4) is 0 Å². The molecule has 226 valence electrons. The molecular formula is C31H22F4N2O5S2. The summed E-state index contributed by atoms with van der Waals surface area (Å²) in [5.41, 5.74) is -1.18. The lowest BCUT2D eigenvalue weighted by atomic mass is 10.0. The summed E-state index contributed by atoms with van der Waals surface area (Å²) in [5, 5.41) is 0. The van der Waals surface area contributed by atoms with E-state index in [1.165, 1.54) is 24.3 Å². The quantitative estimate of drug-likeness (QED) is 0.166. The van der Waals surface area contributed by atoms with Gasteiger partial charge in [0.25, 0.3) is 20.0 Å². The van der Waals surface area contributed by atoms with Crippen molar-refractivity contribution < 1.29 is 39.1 Å².